The summed E-state index contributed by atoms with van der Waals surface area (Å²) in [5.74, 6) is 0. The normalized spacial score (nSPS) is 16.3. The molecule has 5 heteroatoms. The molecule has 0 aromatic rings. The molecule has 0 atom stereocenters. The van der Waals surface area contributed by atoms with Gasteiger partial charge >= 0.3 is 65.5 Å². The summed E-state index contributed by atoms with van der Waals surface area (Å²) in [5, 5.41) is 0. The third kappa shape index (κ3) is 4.42. The molecule has 0 saturated heterocycles. The molecule has 0 unspecified atom stereocenters. The fourth-order valence-electron chi connectivity index (χ4n) is 0.614. The second-order valence-corrected chi connectivity index (χ2v) is 7.20. The summed E-state index contributed by atoms with van der Waals surface area (Å²) in [5.41, 5.74) is 0. The van der Waals surface area contributed by atoms with E-state index in [1.807, 2.05) is 0 Å². The summed E-state index contributed by atoms with van der Waals surface area (Å²) in [4.78, 5) is 9.43. The van der Waals surface area contributed by atoms with E-state index in [1.165, 1.54) is 6.66 Å². The summed E-state index contributed by atoms with van der Waals surface area (Å²) < 4.78 is 9.77. The Morgan fingerprint density at radius 1 is 1.30 bits per heavy atom. The van der Waals surface area contributed by atoms with Crippen LogP contribution in [-0.4, -0.2) is 24.8 Å². The first-order valence-electron chi connectivity index (χ1n) is 3.17. The van der Waals surface area contributed by atoms with E-state index in [1.54, 1.807) is 13.8 Å². The Kier molecular flexibility index (Phi) is 3.53. The van der Waals surface area contributed by atoms with Gasteiger partial charge in [-0.2, -0.15) is 0 Å². The third-order valence-electron chi connectivity index (χ3n) is 0.835. The molecule has 0 aliphatic heterocycles. The van der Waals surface area contributed by atoms with Crippen molar-refractivity contribution >= 4 is 17.9 Å². The molecule has 0 aliphatic rings. The van der Waals surface area contributed by atoms with Crippen molar-refractivity contribution in [1.82, 2.24) is 0 Å². The van der Waals surface area contributed by atoms with Gasteiger partial charge in [-0.3, -0.25) is 0 Å². The number of rotatable bonds is 4. The molecule has 0 saturated carbocycles. The molecule has 0 aromatic carbocycles. The van der Waals surface area contributed by atoms with Crippen LogP contribution in [0, 0.1) is 0 Å². The molecule has 0 rings (SSSR count). The molecule has 0 aliphatic carbocycles. The molecule has 64 valence electrons. The van der Waals surface area contributed by atoms with Crippen molar-refractivity contribution in [2.45, 2.75) is 13.8 Å². The Labute approximate surface area is 66.2 Å². The number of hydrogen-bond donors (Lipinski definition) is 1. The Balaban J connectivity index is 3.97. The zero-order valence-corrected chi connectivity index (χ0v) is 8.15. The van der Waals surface area contributed by atoms with E-state index >= 15 is 0 Å². The fraction of sp³-hybridized carbons (Fsp3) is 1.00. The number of hydrogen-bond acceptors (Lipinski definition) is 3. The van der Waals surface area contributed by atoms with Crippen molar-refractivity contribution in [2.75, 3.05) is 19.9 Å². The minimum atomic E-state index is -3.69. The van der Waals surface area contributed by atoms with E-state index in [9.17, 15) is 4.89 Å². The molecular weight excluding hydrogens is 174 g/mol. The molecule has 0 radical (unpaired) electrons. The molecule has 0 heterocycles. The van der Waals surface area contributed by atoms with Gasteiger partial charge in [0.25, 0.3) is 0 Å². The van der Waals surface area contributed by atoms with Gasteiger partial charge < -0.3 is 0 Å². The van der Waals surface area contributed by atoms with Crippen molar-refractivity contribution in [3.05, 3.63) is 0 Å². The van der Waals surface area contributed by atoms with Crippen LogP contribution in [-0.2, 0) is 9.05 Å². The predicted molar refractivity (Wildman–Crippen MR) is 44.2 cm³/mol. The van der Waals surface area contributed by atoms with Crippen LogP contribution in [0.1, 0.15) is 13.8 Å². The molecule has 10 heavy (non-hydrogen) atoms. The Bertz CT molecular complexity index is 99.2. The van der Waals surface area contributed by atoms with E-state index < -0.39 is 6.64 Å². The van der Waals surface area contributed by atoms with Crippen molar-refractivity contribution in [3.8, 4) is 0 Å². The standard InChI is InChI=1S/C5H14ClO3P/c1-4-8-10(3,6,7)9-5-2/h7H,4-5H2,1-3H3. The first kappa shape index (κ1) is 10.6. The Morgan fingerprint density at radius 2 is 1.60 bits per heavy atom. The third-order valence-corrected chi connectivity index (χ3v) is 3.09. The van der Waals surface area contributed by atoms with Crippen LogP contribution in [0.15, 0.2) is 0 Å². The molecule has 0 amide bonds. The molecular formula is C5H14ClO3P. The minimum absolute atomic E-state index is 0.355. The first-order chi connectivity index (χ1) is 4.39. The maximum atomic E-state index is 9.43. The van der Waals surface area contributed by atoms with Gasteiger partial charge in [0.1, 0.15) is 0 Å². The fourth-order valence-corrected chi connectivity index (χ4v) is 2.43. The quantitative estimate of drug-likeness (QED) is 0.687. The Hall–Kier alpha value is 0.600. The molecule has 0 fully saturated rings. The van der Waals surface area contributed by atoms with Crippen LogP contribution in [0.5, 0.6) is 0 Å². The zero-order chi connectivity index (χ0) is 8.28. The number of halogens is 1. The second kappa shape index (κ2) is 3.33. The van der Waals surface area contributed by atoms with Crippen molar-refractivity contribution in [2.24, 2.45) is 0 Å². The molecule has 3 nitrogen and oxygen atoms in total. The van der Waals surface area contributed by atoms with Gasteiger partial charge in [0.05, 0.1) is 0 Å². The van der Waals surface area contributed by atoms with Crippen LogP contribution in [0.4, 0.5) is 0 Å². The predicted octanol–water partition coefficient (Wildman–Crippen LogP) is 2.13. The van der Waals surface area contributed by atoms with Gasteiger partial charge in [0.2, 0.25) is 0 Å². The average Bonchev–Trinajstić information content (AvgIpc) is 1.61. The summed E-state index contributed by atoms with van der Waals surface area (Å²) in [6, 6.07) is 0. The van der Waals surface area contributed by atoms with E-state index in [2.05, 4.69) is 0 Å². The van der Waals surface area contributed by atoms with Crippen LogP contribution < -0.4 is 0 Å². The Morgan fingerprint density at radius 3 is 1.80 bits per heavy atom. The SMILES string of the molecule is CCOP(C)(O)(Cl)OCC. The van der Waals surface area contributed by atoms with Crippen molar-refractivity contribution in [1.29, 1.82) is 0 Å². The molecule has 0 spiro atoms. The van der Waals surface area contributed by atoms with Gasteiger partial charge in [0, 0.05) is 0 Å². The van der Waals surface area contributed by atoms with Crippen LogP contribution in [0.2, 0.25) is 0 Å². The topological polar surface area (TPSA) is 38.7 Å². The van der Waals surface area contributed by atoms with Crippen molar-refractivity contribution in [3.63, 3.8) is 0 Å². The van der Waals surface area contributed by atoms with Gasteiger partial charge in [-0.1, -0.05) is 0 Å². The maximum absolute atomic E-state index is 9.43. The summed E-state index contributed by atoms with van der Waals surface area (Å²) in [6.07, 6.45) is 0. The van der Waals surface area contributed by atoms with E-state index in [4.69, 9.17) is 20.3 Å². The summed E-state index contributed by atoms with van der Waals surface area (Å²) in [6.45, 7) is 1.92. The molecule has 1 N–H and O–H groups in total. The zero-order valence-electron chi connectivity index (χ0n) is 6.50. The van der Waals surface area contributed by atoms with E-state index in [-0.39, 0.29) is 0 Å². The van der Waals surface area contributed by atoms with Crippen LogP contribution in [0.25, 0.3) is 0 Å². The average molecular weight is 189 g/mol. The summed E-state index contributed by atoms with van der Waals surface area (Å²) in [7, 11) is 0. The van der Waals surface area contributed by atoms with Gasteiger partial charge in [-0.25, -0.2) is 0 Å². The second-order valence-electron chi connectivity index (χ2n) is 2.02. The molecule has 0 bridgehead atoms. The molecule has 0 aromatic heterocycles. The van der Waals surface area contributed by atoms with Crippen LogP contribution in [0.3, 0.4) is 0 Å². The monoisotopic (exact) mass is 188 g/mol. The van der Waals surface area contributed by atoms with Gasteiger partial charge in [-0.05, 0) is 0 Å². The summed E-state index contributed by atoms with van der Waals surface area (Å²) >= 11 is 5.63. The van der Waals surface area contributed by atoms with E-state index in [0.29, 0.717) is 13.2 Å². The van der Waals surface area contributed by atoms with E-state index in [0.717, 1.165) is 0 Å². The first-order valence-corrected chi connectivity index (χ1v) is 6.55. The van der Waals surface area contributed by atoms with Gasteiger partial charge in [-0.15, -0.1) is 0 Å². The van der Waals surface area contributed by atoms with Crippen LogP contribution >= 0.6 is 17.9 Å². The van der Waals surface area contributed by atoms with Crippen molar-refractivity contribution < 1.29 is 13.9 Å². The van der Waals surface area contributed by atoms with Gasteiger partial charge in [0.15, 0.2) is 0 Å².